The highest BCUT2D eigenvalue weighted by molar-refractivity contribution is 7.79. The van der Waals surface area contributed by atoms with E-state index >= 15 is 0 Å². The first-order valence-electron chi connectivity index (χ1n) is 6.34. The molecule has 6 N–H and O–H groups in total. The normalized spacial score (nSPS) is 16.0. The fraction of sp³-hybridized carbons (Fsp3) is 0.417. The lowest BCUT2D eigenvalue weighted by Crippen LogP contribution is -2.47. The van der Waals surface area contributed by atoms with Crippen molar-refractivity contribution in [2.24, 2.45) is 11.5 Å². The first-order valence-corrected chi connectivity index (χ1v) is 7.74. The molecule has 0 aromatic heterocycles. The van der Waals surface area contributed by atoms with Gasteiger partial charge in [0, 0.05) is 19.6 Å². The summed E-state index contributed by atoms with van der Waals surface area (Å²) in [6.45, 7) is 4.91. The second kappa shape index (κ2) is 7.93. The summed E-state index contributed by atoms with van der Waals surface area (Å²) in [4.78, 5) is 2.43. The number of rotatable bonds is 2. The van der Waals surface area contributed by atoms with E-state index in [1.54, 1.807) is 0 Å². The van der Waals surface area contributed by atoms with E-state index in [2.05, 4.69) is 29.2 Å². The van der Waals surface area contributed by atoms with E-state index in [1.165, 1.54) is 5.56 Å². The van der Waals surface area contributed by atoms with Crippen LogP contribution >= 0.6 is 0 Å². The lowest BCUT2D eigenvalue weighted by molar-refractivity contribution is -0.541. The second-order valence-corrected chi connectivity index (χ2v) is 5.52. The topological polar surface area (TPSA) is 133 Å². The summed E-state index contributed by atoms with van der Waals surface area (Å²) >= 11 is 0. The summed E-state index contributed by atoms with van der Waals surface area (Å²) in [6.07, 6.45) is 0. The van der Waals surface area contributed by atoms with Gasteiger partial charge in [-0.2, -0.15) is 8.42 Å². The molecule has 1 aliphatic rings. The first-order chi connectivity index (χ1) is 9.75. The standard InChI is InChI=1S/C12H18N4.H2O4S/c13-12(14)16-8-6-15(7-9-16)10-11-4-2-1-3-5-11;1-5(2,3)4/h1-5H,6-10H2,(H3,13,14);(H2,1,2,3,4)/p+1. The Bertz CT molecular complexity index is 552. The number of nitrogens with zero attached hydrogens (tertiary/aromatic N) is 2. The highest BCUT2D eigenvalue weighted by atomic mass is 32.3. The molecule has 1 fully saturated rings. The molecule has 0 spiro atoms. The maximum atomic E-state index is 8.74. The Morgan fingerprint density at radius 3 is 2.05 bits per heavy atom. The molecule has 1 aromatic carbocycles. The van der Waals surface area contributed by atoms with E-state index in [-0.39, 0.29) is 0 Å². The van der Waals surface area contributed by atoms with Gasteiger partial charge in [-0.25, -0.2) is 0 Å². The summed E-state index contributed by atoms with van der Waals surface area (Å²) in [5, 5.41) is 0. The van der Waals surface area contributed by atoms with Gasteiger partial charge >= 0.3 is 16.4 Å². The number of hydrogen-bond donors (Lipinski definition) is 4. The Morgan fingerprint density at radius 2 is 1.62 bits per heavy atom. The number of guanidine groups is 1. The average Bonchev–Trinajstić information content (AvgIpc) is 2.38. The molecule has 0 aliphatic carbocycles. The molecule has 8 nitrogen and oxygen atoms in total. The molecule has 0 atom stereocenters. The Balaban J connectivity index is 0.000000383. The molecule has 1 aliphatic heterocycles. The van der Waals surface area contributed by atoms with Crippen molar-refractivity contribution >= 4 is 16.4 Å². The SMILES string of the molecule is NC(N)=[N+]1CCN(Cc2ccccc2)CC1.O=S(=O)(O)O. The molecule has 2 rings (SSSR count). The Labute approximate surface area is 124 Å². The molecule has 0 unspecified atom stereocenters. The van der Waals surface area contributed by atoms with Gasteiger partial charge in [0.05, 0.1) is 13.1 Å². The van der Waals surface area contributed by atoms with E-state index in [1.807, 2.05) is 10.6 Å². The zero-order valence-electron chi connectivity index (χ0n) is 11.6. The van der Waals surface area contributed by atoms with Gasteiger partial charge < -0.3 is 0 Å². The van der Waals surface area contributed by atoms with Crippen LogP contribution < -0.4 is 11.5 Å². The van der Waals surface area contributed by atoms with Crippen LogP contribution in [0.25, 0.3) is 0 Å². The van der Waals surface area contributed by atoms with Crippen LogP contribution in [0, 0.1) is 0 Å². The third-order valence-electron chi connectivity index (χ3n) is 2.99. The Morgan fingerprint density at radius 1 is 1.14 bits per heavy atom. The molecular formula is C12H21N4O4S+. The molecule has 1 aromatic rings. The Kier molecular flexibility index (Phi) is 6.56. The van der Waals surface area contributed by atoms with Crippen molar-refractivity contribution in [1.82, 2.24) is 4.90 Å². The fourth-order valence-electron chi connectivity index (χ4n) is 2.01. The molecule has 21 heavy (non-hydrogen) atoms. The summed E-state index contributed by atoms with van der Waals surface area (Å²) in [7, 11) is -4.67. The quantitative estimate of drug-likeness (QED) is 0.317. The van der Waals surface area contributed by atoms with Crippen LogP contribution in [-0.2, 0) is 16.9 Å². The fourth-order valence-corrected chi connectivity index (χ4v) is 2.01. The van der Waals surface area contributed by atoms with Crippen LogP contribution in [0.4, 0.5) is 0 Å². The maximum absolute atomic E-state index is 8.74. The van der Waals surface area contributed by atoms with Gasteiger partial charge in [-0.15, -0.1) is 0 Å². The molecule has 9 heteroatoms. The van der Waals surface area contributed by atoms with Gasteiger partial charge in [0.1, 0.15) is 0 Å². The molecular weight excluding hydrogens is 296 g/mol. The van der Waals surface area contributed by atoms with Crippen molar-refractivity contribution in [3.63, 3.8) is 0 Å². The minimum Gasteiger partial charge on any atom is -0.293 e. The molecule has 0 radical (unpaired) electrons. The summed E-state index contributed by atoms with van der Waals surface area (Å²) in [5.74, 6) is 0.444. The van der Waals surface area contributed by atoms with E-state index < -0.39 is 10.4 Å². The minimum atomic E-state index is -4.67. The maximum Gasteiger partial charge on any atom is 0.394 e. The van der Waals surface area contributed by atoms with Crippen LogP contribution in [0.15, 0.2) is 30.3 Å². The van der Waals surface area contributed by atoms with Gasteiger partial charge in [-0.1, -0.05) is 30.3 Å². The summed E-state index contributed by atoms with van der Waals surface area (Å²) in [6, 6.07) is 10.5. The minimum absolute atomic E-state index is 0.444. The number of benzene rings is 1. The van der Waals surface area contributed by atoms with Crippen LogP contribution in [0.2, 0.25) is 0 Å². The third-order valence-corrected chi connectivity index (χ3v) is 2.99. The van der Waals surface area contributed by atoms with Gasteiger partial charge in [0.15, 0.2) is 0 Å². The predicted octanol–water partition coefficient (Wildman–Crippen LogP) is -0.865. The van der Waals surface area contributed by atoms with E-state index in [9.17, 15) is 0 Å². The number of hydrogen-bond acceptors (Lipinski definition) is 3. The van der Waals surface area contributed by atoms with Crippen LogP contribution in [-0.4, -0.2) is 59.1 Å². The van der Waals surface area contributed by atoms with Gasteiger partial charge in [-0.3, -0.25) is 30.0 Å². The lowest BCUT2D eigenvalue weighted by Gasteiger charge is -2.27. The van der Waals surface area contributed by atoms with Crippen molar-refractivity contribution in [3.05, 3.63) is 35.9 Å². The van der Waals surface area contributed by atoms with Crippen molar-refractivity contribution < 1.29 is 22.1 Å². The number of nitrogens with two attached hydrogens (primary N) is 2. The highest BCUT2D eigenvalue weighted by Gasteiger charge is 2.16. The number of piperazine rings is 1. The lowest BCUT2D eigenvalue weighted by atomic mass is 10.2. The predicted molar refractivity (Wildman–Crippen MR) is 79.3 cm³/mol. The molecule has 118 valence electrons. The van der Waals surface area contributed by atoms with E-state index in [0.717, 1.165) is 32.7 Å². The molecule has 0 bridgehead atoms. The third kappa shape index (κ3) is 8.25. The van der Waals surface area contributed by atoms with Crippen LogP contribution in [0.5, 0.6) is 0 Å². The monoisotopic (exact) mass is 317 g/mol. The Hall–Kier alpha value is -1.68. The zero-order valence-corrected chi connectivity index (χ0v) is 12.4. The molecule has 0 amide bonds. The van der Waals surface area contributed by atoms with E-state index in [0.29, 0.717) is 5.96 Å². The largest absolute Gasteiger partial charge is 0.394 e. The smallest absolute Gasteiger partial charge is 0.293 e. The van der Waals surface area contributed by atoms with Crippen molar-refractivity contribution in [2.45, 2.75) is 6.54 Å². The first kappa shape index (κ1) is 17.4. The van der Waals surface area contributed by atoms with Crippen LogP contribution in [0.3, 0.4) is 0 Å². The average molecular weight is 317 g/mol. The van der Waals surface area contributed by atoms with Crippen LogP contribution in [0.1, 0.15) is 5.56 Å². The van der Waals surface area contributed by atoms with Gasteiger partial charge in [0.25, 0.3) is 0 Å². The van der Waals surface area contributed by atoms with E-state index in [4.69, 9.17) is 29.0 Å². The summed E-state index contributed by atoms with van der Waals surface area (Å²) < 4.78 is 33.6. The van der Waals surface area contributed by atoms with Crippen molar-refractivity contribution in [2.75, 3.05) is 26.2 Å². The molecule has 1 heterocycles. The summed E-state index contributed by atoms with van der Waals surface area (Å²) in [5.41, 5.74) is 12.5. The van der Waals surface area contributed by atoms with Crippen molar-refractivity contribution in [1.29, 1.82) is 0 Å². The van der Waals surface area contributed by atoms with Gasteiger partial charge in [0.2, 0.25) is 0 Å². The highest BCUT2D eigenvalue weighted by Crippen LogP contribution is 2.06. The van der Waals surface area contributed by atoms with Gasteiger partial charge in [-0.05, 0) is 5.56 Å². The van der Waals surface area contributed by atoms with Crippen molar-refractivity contribution in [3.8, 4) is 0 Å². The molecule has 0 saturated carbocycles. The molecule has 1 saturated heterocycles. The second-order valence-electron chi connectivity index (χ2n) is 4.62. The zero-order chi connectivity index (χ0) is 15.9.